The molecule has 0 fully saturated rings. The summed E-state index contributed by atoms with van der Waals surface area (Å²) in [6.45, 7) is 0. The molecule has 4 N–H and O–H groups in total. The summed E-state index contributed by atoms with van der Waals surface area (Å²) < 4.78 is 0. The third-order valence-corrected chi connectivity index (χ3v) is 3.16. The summed E-state index contributed by atoms with van der Waals surface area (Å²) in [7, 11) is 0. The van der Waals surface area contributed by atoms with E-state index in [0.717, 1.165) is 16.8 Å². The molecule has 0 radical (unpaired) electrons. The summed E-state index contributed by atoms with van der Waals surface area (Å²) in [5.74, 6) is 0.529. The van der Waals surface area contributed by atoms with Crippen LogP contribution in [0.15, 0.2) is 78.9 Å². The van der Waals surface area contributed by atoms with E-state index in [0.29, 0.717) is 6.42 Å². The SMILES string of the molecule is Nc1ccccc1.Oc1ccccc1Cc1ccccc1O. The fourth-order valence-corrected chi connectivity index (χ4v) is 1.98. The van der Waals surface area contributed by atoms with Crippen molar-refractivity contribution in [1.29, 1.82) is 0 Å². The van der Waals surface area contributed by atoms with Crippen LogP contribution in [0.25, 0.3) is 0 Å². The Morgan fingerprint density at radius 2 is 1.00 bits per heavy atom. The number of hydrogen-bond donors (Lipinski definition) is 3. The van der Waals surface area contributed by atoms with Crippen LogP contribution in [0.5, 0.6) is 11.5 Å². The summed E-state index contributed by atoms with van der Waals surface area (Å²) >= 11 is 0. The monoisotopic (exact) mass is 293 g/mol. The van der Waals surface area contributed by atoms with Crippen LogP contribution in [-0.4, -0.2) is 10.2 Å². The molecule has 0 spiro atoms. The smallest absolute Gasteiger partial charge is 0.119 e. The van der Waals surface area contributed by atoms with Crippen molar-refractivity contribution < 1.29 is 10.2 Å². The fourth-order valence-electron chi connectivity index (χ4n) is 1.98. The van der Waals surface area contributed by atoms with Gasteiger partial charge >= 0.3 is 0 Å². The third kappa shape index (κ3) is 4.56. The van der Waals surface area contributed by atoms with Gasteiger partial charge in [-0.15, -0.1) is 0 Å². The number of nitrogen functional groups attached to an aromatic ring is 1. The Labute approximate surface area is 130 Å². The van der Waals surface area contributed by atoms with E-state index in [1.807, 2.05) is 54.6 Å². The first-order valence-corrected chi connectivity index (χ1v) is 7.01. The highest BCUT2D eigenvalue weighted by Crippen LogP contribution is 2.24. The molecule has 0 heterocycles. The second-order valence-electron chi connectivity index (χ2n) is 4.84. The molecule has 0 amide bonds. The molecule has 0 saturated carbocycles. The Hall–Kier alpha value is -2.94. The first kappa shape index (κ1) is 15.4. The van der Waals surface area contributed by atoms with Crippen molar-refractivity contribution in [1.82, 2.24) is 0 Å². The van der Waals surface area contributed by atoms with E-state index in [1.165, 1.54) is 0 Å². The number of phenolic OH excluding ortho intramolecular Hbond substituents is 2. The number of phenols is 2. The molecule has 0 atom stereocenters. The summed E-state index contributed by atoms with van der Waals surface area (Å²) in [6.07, 6.45) is 0.541. The number of nitrogens with two attached hydrogens (primary N) is 1. The molecule has 3 heteroatoms. The first-order chi connectivity index (χ1) is 10.7. The summed E-state index contributed by atoms with van der Waals surface area (Å²) in [5, 5.41) is 19.2. The second kappa shape index (κ2) is 7.74. The second-order valence-corrected chi connectivity index (χ2v) is 4.84. The van der Waals surface area contributed by atoms with Gasteiger partial charge in [0.15, 0.2) is 0 Å². The summed E-state index contributed by atoms with van der Waals surface area (Å²) in [5.41, 5.74) is 7.82. The van der Waals surface area contributed by atoms with Gasteiger partial charge in [0, 0.05) is 12.1 Å². The highest BCUT2D eigenvalue weighted by Gasteiger charge is 2.04. The zero-order valence-corrected chi connectivity index (χ0v) is 12.2. The lowest BCUT2D eigenvalue weighted by Gasteiger charge is -2.05. The highest BCUT2D eigenvalue weighted by molar-refractivity contribution is 5.41. The van der Waals surface area contributed by atoms with Crippen LogP contribution in [-0.2, 0) is 6.42 Å². The first-order valence-electron chi connectivity index (χ1n) is 7.01. The van der Waals surface area contributed by atoms with Gasteiger partial charge in [0.2, 0.25) is 0 Å². The Kier molecular flexibility index (Phi) is 5.44. The van der Waals surface area contributed by atoms with Gasteiger partial charge in [0.25, 0.3) is 0 Å². The van der Waals surface area contributed by atoms with Gasteiger partial charge in [-0.25, -0.2) is 0 Å². The van der Waals surface area contributed by atoms with Crippen LogP contribution in [0, 0.1) is 0 Å². The number of hydrogen-bond acceptors (Lipinski definition) is 3. The molecule has 0 aliphatic rings. The number of benzene rings is 3. The molecule has 0 unspecified atom stereocenters. The zero-order chi connectivity index (χ0) is 15.8. The Bertz CT molecular complexity index is 668. The highest BCUT2D eigenvalue weighted by atomic mass is 16.3. The number of aromatic hydroxyl groups is 2. The van der Waals surface area contributed by atoms with Crippen molar-refractivity contribution in [3.63, 3.8) is 0 Å². The molecule has 0 aliphatic heterocycles. The molecular formula is C19H19NO2. The standard InChI is InChI=1S/C13H12O2.C6H7N/c14-12-7-3-1-5-10(12)9-11-6-2-4-8-13(11)15;7-6-4-2-1-3-5-6/h1-8,14-15H,9H2;1-5H,7H2. The maximum atomic E-state index is 9.58. The van der Waals surface area contributed by atoms with Crippen LogP contribution >= 0.6 is 0 Å². The number of para-hydroxylation sites is 3. The van der Waals surface area contributed by atoms with E-state index < -0.39 is 0 Å². The minimum absolute atomic E-state index is 0.265. The topological polar surface area (TPSA) is 66.5 Å². The van der Waals surface area contributed by atoms with Gasteiger partial charge in [-0.3, -0.25) is 0 Å². The average Bonchev–Trinajstić information content (AvgIpc) is 2.53. The van der Waals surface area contributed by atoms with Crippen molar-refractivity contribution in [2.24, 2.45) is 0 Å². The molecular weight excluding hydrogens is 274 g/mol. The van der Waals surface area contributed by atoms with Crippen molar-refractivity contribution >= 4 is 5.69 Å². The van der Waals surface area contributed by atoms with Crippen LogP contribution < -0.4 is 5.73 Å². The molecule has 0 bridgehead atoms. The van der Waals surface area contributed by atoms with Gasteiger partial charge in [-0.1, -0.05) is 54.6 Å². The van der Waals surface area contributed by atoms with Gasteiger partial charge < -0.3 is 15.9 Å². The molecule has 3 aromatic rings. The van der Waals surface area contributed by atoms with Crippen molar-refractivity contribution in [3.05, 3.63) is 90.0 Å². The predicted molar refractivity (Wildman–Crippen MR) is 89.9 cm³/mol. The maximum Gasteiger partial charge on any atom is 0.119 e. The Morgan fingerprint density at radius 1 is 0.591 bits per heavy atom. The van der Waals surface area contributed by atoms with E-state index in [4.69, 9.17) is 5.73 Å². The quantitative estimate of drug-likeness (QED) is 0.627. The molecule has 3 aromatic carbocycles. The Morgan fingerprint density at radius 3 is 1.36 bits per heavy atom. The summed E-state index contributed by atoms with van der Waals surface area (Å²) in [4.78, 5) is 0. The van der Waals surface area contributed by atoms with E-state index in [-0.39, 0.29) is 11.5 Å². The zero-order valence-electron chi connectivity index (χ0n) is 12.2. The van der Waals surface area contributed by atoms with Crippen molar-refractivity contribution in [3.8, 4) is 11.5 Å². The van der Waals surface area contributed by atoms with E-state index in [9.17, 15) is 10.2 Å². The van der Waals surface area contributed by atoms with Crippen LogP contribution in [0.4, 0.5) is 5.69 Å². The van der Waals surface area contributed by atoms with Gasteiger partial charge in [-0.05, 0) is 35.4 Å². The lowest BCUT2D eigenvalue weighted by molar-refractivity contribution is 0.463. The minimum atomic E-state index is 0.265. The minimum Gasteiger partial charge on any atom is -0.508 e. The van der Waals surface area contributed by atoms with Crippen LogP contribution in [0.3, 0.4) is 0 Å². The number of rotatable bonds is 2. The normalized spacial score (nSPS) is 9.64. The molecule has 0 aliphatic carbocycles. The predicted octanol–water partition coefficient (Wildman–Crippen LogP) is 3.96. The molecule has 0 aromatic heterocycles. The lowest BCUT2D eigenvalue weighted by Crippen LogP contribution is -1.88. The molecule has 22 heavy (non-hydrogen) atoms. The van der Waals surface area contributed by atoms with Crippen LogP contribution in [0.2, 0.25) is 0 Å². The van der Waals surface area contributed by atoms with Crippen molar-refractivity contribution in [2.75, 3.05) is 5.73 Å². The molecule has 0 saturated heterocycles. The number of anilines is 1. The van der Waals surface area contributed by atoms with Gasteiger partial charge in [0.05, 0.1) is 0 Å². The van der Waals surface area contributed by atoms with Crippen molar-refractivity contribution in [2.45, 2.75) is 6.42 Å². The molecule has 3 rings (SSSR count). The lowest BCUT2D eigenvalue weighted by atomic mass is 10.0. The van der Waals surface area contributed by atoms with Gasteiger partial charge in [0.1, 0.15) is 11.5 Å². The summed E-state index contributed by atoms with van der Waals surface area (Å²) in [6, 6.07) is 23.8. The van der Waals surface area contributed by atoms with E-state index in [1.54, 1.807) is 24.3 Å². The fraction of sp³-hybridized carbons (Fsp3) is 0.0526. The third-order valence-electron chi connectivity index (χ3n) is 3.16. The Balaban J connectivity index is 0.000000211. The van der Waals surface area contributed by atoms with E-state index >= 15 is 0 Å². The van der Waals surface area contributed by atoms with Gasteiger partial charge in [-0.2, -0.15) is 0 Å². The largest absolute Gasteiger partial charge is 0.508 e. The van der Waals surface area contributed by atoms with E-state index in [2.05, 4.69) is 0 Å². The molecule has 3 nitrogen and oxygen atoms in total. The molecule has 112 valence electrons. The maximum absolute atomic E-state index is 9.58. The van der Waals surface area contributed by atoms with Crippen LogP contribution in [0.1, 0.15) is 11.1 Å². The average molecular weight is 293 g/mol.